The van der Waals surface area contributed by atoms with Crippen LogP contribution < -0.4 is 0 Å². The van der Waals surface area contributed by atoms with Crippen LogP contribution in [0.2, 0.25) is 0 Å². The van der Waals surface area contributed by atoms with Gasteiger partial charge in [0.1, 0.15) is 0 Å². The van der Waals surface area contributed by atoms with Gasteiger partial charge in [0.2, 0.25) is 0 Å². The Morgan fingerprint density at radius 2 is 2.06 bits per heavy atom. The summed E-state index contributed by atoms with van der Waals surface area (Å²) in [6.07, 6.45) is 0. The monoisotopic (exact) mass is 219 g/mol. The summed E-state index contributed by atoms with van der Waals surface area (Å²) < 4.78 is 4.98. The van der Waals surface area contributed by atoms with Gasteiger partial charge in [-0.3, -0.25) is 9.69 Å². The predicted octanol–water partition coefficient (Wildman–Crippen LogP) is 1.68. The number of nitrogens with zero attached hydrogens (tertiary/aromatic N) is 1. The van der Waals surface area contributed by atoms with Crippen molar-refractivity contribution < 1.29 is 9.53 Å². The molecule has 1 aliphatic rings. The van der Waals surface area contributed by atoms with Gasteiger partial charge >= 0.3 is 5.97 Å². The minimum Gasteiger partial charge on any atom is -0.465 e. The first kappa shape index (κ1) is 11.1. The summed E-state index contributed by atoms with van der Waals surface area (Å²) >= 11 is 0. The minimum absolute atomic E-state index is 0.179. The average molecular weight is 219 g/mol. The van der Waals surface area contributed by atoms with Gasteiger partial charge in [0.05, 0.1) is 6.61 Å². The fourth-order valence-corrected chi connectivity index (χ4v) is 1.99. The second-order valence-electron chi connectivity index (χ2n) is 4.35. The summed E-state index contributed by atoms with van der Waals surface area (Å²) in [5, 5.41) is 0. The summed E-state index contributed by atoms with van der Waals surface area (Å²) in [5.41, 5.74) is 1.34. The molecule has 0 saturated carbocycles. The van der Waals surface area contributed by atoms with E-state index in [4.69, 9.17) is 4.74 Å². The van der Waals surface area contributed by atoms with E-state index < -0.39 is 0 Å². The third kappa shape index (κ3) is 3.07. The van der Waals surface area contributed by atoms with Gasteiger partial charge in [-0.2, -0.15) is 0 Å². The summed E-state index contributed by atoms with van der Waals surface area (Å²) in [4.78, 5) is 13.0. The fourth-order valence-electron chi connectivity index (χ4n) is 1.99. The minimum atomic E-state index is -0.179. The number of benzene rings is 1. The highest BCUT2D eigenvalue weighted by Crippen LogP contribution is 2.18. The van der Waals surface area contributed by atoms with Gasteiger partial charge in [-0.05, 0) is 5.56 Å². The second-order valence-corrected chi connectivity index (χ2v) is 4.35. The molecule has 3 nitrogen and oxygen atoms in total. The summed E-state index contributed by atoms with van der Waals surface area (Å²) in [7, 11) is 0. The van der Waals surface area contributed by atoms with Crippen molar-refractivity contribution in [2.45, 2.75) is 13.5 Å². The third-order valence-electron chi connectivity index (χ3n) is 2.80. The molecular weight excluding hydrogens is 202 g/mol. The first-order chi connectivity index (χ1) is 7.74. The van der Waals surface area contributed by atoms with Gasteiger partial charge < -0.3 is 4.74 Å². The molecule has 1 aromatic rings. The zero-order chi connectivity index (χ0) is 11.4. The Balaban J connectivity index is 1.67. The van der Waals surface area contributed by atoms with Gasteiger partial charge in [0, 0.05) is 32.5 Å². The highest BCUT2D eigenvalue weighted by Gasteiger charge is 2.27. The molecule has 1 heterocycles. The van der Waals surface area contributed by atoms with E-state index in [9.17, 15) is 4.79 Å². The number of ether oxygens (including phenoxy) is 1. The molecule has 1 aromatic carbocycles. The van der Waals surface area contributed by atoms with E-state index in [1.165, 1.54) is 12.5 Å². The standard InChI is InChI=1S/C13H17NO2/c1-11(15)16-10-13-8-14(9-13)7-12-5-3-2-4-6-12/h2-6,13H,7-10H2,1H3. The van der Waals surface area contributed by atoms with Crippen LogP contribution in [0.1, 0.15) is 12.5 Å². The Hall–Kier alpha value is -1.35. The van der Waals surface area contributed by atoms with E-state index in [-0.39, 0.29) is 5.97 Å². The Morgan fingerprint density at radius 1 is 1.38 bits per heavy atom. The molecule has 2 rings (SSSR count). The van der Waals surface area contributed by atoms with Gasteiger partial charge in [0.15, 0.2) is 0 Å². The number of rotatable bonds is 4. The molecule has 0 spiro atoms. The lowest BCUT2D eigenvalue weighted by atomic mass is 10.0. The van der Waals surface area contributed by atoms with Gasteiger partial charge in [-0.15, -0.1) is 0 Å². The zero-order valence-electron chi connectivity index (χ0n) is 9.56. The van der Waals surface area contributed by atoms with E-state index in [0.717, 1.165) is 19.6 Å². The molecule has 0 amide bonds. The van der Waals surface area contributed by atoms with Gasteiger partial charge in [-0.1, -0.05) is 30.3 Å². The lowest BCUT2D eigenvalue weighted by Gasteiger charge is -2.38. The largest absolute Gasteiger partial charge is 0.465 e. The fraction of sp³-hybridized carbons (Fsp3) is 0.462. The van der Waals surface area contributed by atoms with Crippen molar-refractivity contribution in [2.24, 2.45) is 5.92 Å². The lowest BCUT2D eigenvalue weighted by Crippen LogP contribution is -2.48. The molecule has 0 unspecified atom stereocenters. The van der Waals surface area contributed by atoms with Crippen molar-refractivity contribution in [3.05, 3.63) is 35.9 Å². The first-order valence-electron chi connectivity index (χ1n) is 5.63. The number of hydrogen-bond donors (Lipinski definition) is 0. The van der Waals surface area contributed by atoms with Crippen LogP contribution in [0.15, 0.2) is 30.3 Å². The number of hydrogen-bond acceptors (Lipinski definition) is 3. The van der Waals surface area contributed by atoms with Gasteiger partial charge in [-0.25, -0.2) is 0 Å². The Kier molecular flexibility index (Phi) is 3.57. The molecule has 3 heteroatoms. The summed E-state index contributed by atoms with van der Waals surface area (Å²) in [6, 6.07) is 10.4. The molecule has 0 bridgehead atoms. The SMILES string of the molecule is CC(=O)OCC1CN(Cc2ccccc2)C1. The van der Waals surface area contributed by atoms with E-state index >= 15 is 0 Å². The van der Waals surface area contributed by atoms with E-state index in [1.807, 2.05) is 6.07 Å². The number of esters is 1. The normalized spacial score (nSPS) is 16.8. The van der Waals surface area contributed by atoms with Crippen LogP contribution in [0.4, 0.5) is 0 Å². The number of likely N-dealkylation sites (tertiary alicyclic amines) is 1. The molecule has 86 valence electrons. The van der Waals surface area contributed by atoms with Crippen molar-refractivity contribution >= 4 is 5.97 Å². The van der Waals surface area contributed by atoms with Crippen LogP contribution in [0, 0.1) is 5.92 Å². The molecule has 1 fully saturated rings. The smallest absolute Gasteiger partial charge is 0.302 e. The van der Waals surface area contributed by atoms with Crippen LogP contribution >= 0.6 is 0 Å². The van der Waals surface area contributed by atoms with Gasteiger partial charge in [0.25, 0.3) is 0 Å². The maximum absolute atomic E-state index is 10.6. The van der Waals surface area contributed by atoms with Crippen LogP contribution in [0.3, 0.4) is 0 Å². The maximum atomic E-state index is 10.6. The molecule has 0 aromatic heterocycles. The summed E-state index contributed by atoms with van der Waals surface area (Å²) in [5.74, 6) is 0.342. The second kappa shape index (κ2) is 5.12. The molecule has 1 saturated heterocycles. The van der Waals surface area contributed by atoms with Crippen molar-refractivity contribution in [1.29, 1.82) is 0 Å². The van der Waals surface area contributed by atoms with E-state index in [2.05, 4.69) is 29.2 Å². The Bertz CT molecular complexity index is 344. The highest BCUT2D eigenvalue weighted by atomic mass is 16.5. The van der Waals surface area contributed by atoms with Crippen LogP contribution in [-0.4, -0.2) is 30.6 Å². The van der Waals surface area contributed by atoms with Crippen LogP contribution in [-0.2, 0) is 16.1 Å². The highest BCUT2D eigenvalue weighted by molar-refractivity contribution is 5.65. The number of carbonyl (C=O) groups excluding carboxylic acids is 1. The van der Waals surface area contributed by atoms with E-state index in [0.29, 0.717) is 12.5 Å². The molecule has 0 atom stereocenters. The first-order valence-corrected chi connectivity index (χ1v) is 5.63. The molecule has 0 aliphatic carbocycles. The Labute approximate surface area is 96.0 Å². The van der Waals surface area contributed by atoms with Crippen LogP contribution in [0.25, 0.3) is 0 Å². The van der Waals surface area contributed by atoms with Crippen molar-refractivity contribution in [3.63, 3.8) is 0 Å². The number of carbonyl (C=O) groups is 1. The van der Waals surface area contributed by atoms with E-state index in [1.54, 1.807) is 0 Å². The van der Waals surface area contributed by atoms with Crippen molar-refractivity contribution in [1.82, 2.24) is 4.90 Å². The quantitative estimate of drug-likeness (QED) is 0.722. The molecule has 16 heavy (non-hydrogen) atoms. The third-order valence-corrected chi connectivity index (χ3v) is 2.80. The molecule has 0 radical (unpaired) electrons. The molecular formula is C13H17NO2. The predicted molar refractivity (Wildman–Crippen MR) is 61.8 cm³/mol. The summed E-state index contributed by atoms with van der Waals surface area (Å²) in [6.45, 7) is 5.09. The maximum Gasteiger partial charge on any atom is 0.302 e. The Morgan fingerprint density at radius 3 is 2.69 bits per heavy atom. The van der Waals surface area contributed by atoms with Crippen molar-refractivity contribution in [3.8, 4) is 0 Å². The van der Waals surface area contributed by atoms with Crippen LogP contribution in [0.5, 0.6) is 0 Å². The molecule has 0 N–H and O–H groups in total. The lowest BCUT2D eigenvalue weighted by molar-refractivity contribution is -0.144. The average Bonchev–Trinajstić information content (AvgIpc) is 2.22. The topological polar surface area (TPSA) is 29.5 Å². The molecule has 1 aliphatic heterocycles. The zero-order valence-corrected chi connectivity index (χ0v) is 9.56. The van der Waals surface area contributed by atoms with Crippen molar-refractivity contribution in [2.75, 3.05) is 19.7 Å².